The maximum Gasteiger partial charge on any atom is 0.167 e. The molecular formula is C23H29N5O2. The van der Waals surface area contributed by atoms with Crippen LogP contribution in [0.25, 0.3) is 0 Å². The number of terminal acetylenes is 1. The normalized spacial score (nSPS) is 19.5. The first-order valence-corrected chi connectivity index (χ1v) is 9.83. The number of amidine groups is 1. The number of allylic oxidation sites excluding steroid dienone is 2. The molecule has 0 spiro atoms. The number of hydrogen-bond donors (Lipinski definition) is 4. The number of ketones is 1. The van der Waals surface area contributed by atoms with Crippen LogP contribution in [-0.2, 0) is 9.53 Å². The monoisotopic (exact) mass is 407 g/mol. The Morgan fingerprint density at radius 2 is 2.33 bits per heavy atom. The number of anilines is 2. The summed E-state index contributed by atoms with van der Waals surface area (Å²) >= 11 is 0. The van der Waals surface area contributed by atoms with Gasteiger partial charge in [-0.1, -0.05) is 12.8 Å². The zero-order chi connectivity index (χ0) is 21.9. The predicted molar refractivity (Wildman–Crippen MR) is 123 cm³/mol. The lowest BCUT2D eigenvalue weighted by Gasteiger charge is -2.13. The van der Waals surface area contributed by atoms with Crippen molar-refractivity contribution in [3.63, 3.8) is 0 Å². The van der Waals surface area contributed by atoms with Crippen LogP contribution in [0.15, 0.2) is 47.2 Å². The fraction of sp³-hybridized carbons (Fsp3) is 0.348. The van der Waals surface area contributed by atoms with Crippen LogP contribution < -0.4 is 16.4 Å². The van der Waals surface area contributed by atoms with Crippen LogP contribution in [0.5, 0.6) is 0 Å². The number of hydrogen-bond acceptors (Lipinski definition) is 7. The summed E-state index contributed by atoms with van der Waals surface area (Å²) in [7, 11) is 0. The third-order valence-electron chi connectivity index (χ3n) is 4.41. The van der Waals surface area contributed by atoms with Crippen molar-refractivity contribution in [3.05, 3.63) is 47.7 Å². The minimum Gasteiger partial charge on any atom is -0.486 e. The van der Waals surface area contributed by atoms with Crippen molar-refractivity contribution in [3.8, 4) is 12.3 Å². The molecule has 30 heavy (non-hydrogen) atoms. The van der Waals surface area contributed by atoms with Gasteiger partial charge in [0, 0.05) is 42.5 Å². The molecule has 0 radical (unpaired) electrons. The second-order valence-electron chi connectivity index (χ2n) is 7.26. The molecule has 0 aromatic heterocycles. The molecule has 1 heterocycles. The molecule has 0 bridgehead atoms. The zero-order valence-corrected chi connectivity index (χ0v) is 17.4. The molecule has 7 nitrogen and oxygen atoms in total. The lowest BCUT2D eigenvalue weighted by Crippen LogP contribution is -2.29. The molecule has 2 unspecified atom stereocenters. The molecule has 0 fully saturated rings. The molecule has 1 aromatic carbocycles. The minimum atomic E-state index is -0.149. The van der Waals surface area contributed by atoms with Crippen LogP contribution in [-0.4, -0.2) is 37.2 Å². The Labute approximate surface area is 178 Å². The minimum absolute atomic E-state index is 0.00155. The third kappa shape index (κ3) is 7.57. The Bertz CT molecular complexity index is 895. The number of Topliss-reactive ketones (excluding diaryl/α,β-unsaturated/α-hetero) is 1. The summed E-state index contributed by atoms with van der Waals surface area (Å²) in [6.07, 6.45) is 12.8. The summed E-state index contributed by atoms with van der Waals surface area (Å²) in [5.41, 5.74) is 7.94. The predicted octanol–water partition coefficient (Wildman–Crippen LogP) is 3.10. The van der Waals surface area contributed by atoms with Crippen molar-refractivity contribution in [2.75, 3.05) is 24.2 Å². The molecule has 158 valence electrons. The molecule has 0 saturated carbocycles. The van der Waals surface area contributed by atoms with Gasteiger partial charge in [-0.2, -0.15) is 0 Å². The molecule has 7 heteroatoms. The van der Waals surface area contributed by atoms with E-state index in [1.165, 1.54) is 19.2 Å². The fourth-order valence-electron chi connectivity index (χ4n) is 2.91. The second kappa shape index (κ2) is 11.6. The Balaban J connectivity index is 2.16. The van der Waals surface area contributed by atoms with Crippen LogP contribution in [0.3, 0.4) is 0 Å². The molecule has 0 amide bonds. The number of nitrogens with two attached hydrogens (primary N) is 1. The lowest BCUT2D eigenvalue weighted by atomic mass is 10.1. The van der Waals surface area contributed by atoms with E-state index in [4.69, 9.17) is 27.3 Å². The van der Waals surface area contributed by atoms with Gasteiger partial charge < -0.3 is 21.2 Å². The standard InChI is InChI=1S/C23H29N5O2/c1-4-5-6-20(30-15-17(3)29)8-10-22-26-14-16(2)11-23(28-22)27-19-7-9-21(25)18(12-19)13-24/h1,5-9,12-13,16,22,24,26H,10-11,14-15,25H2,2-3H3,(H,27,28)/b6-5-,20-8+,24-13?. The zero-order valence-electron chi connectivity index (χ0n) is 17.4. The first-order chi connectivity index (χ1) is 14.4. The first kappa shape index (κ1) is 22.9. The van der Waals surface area contributed by atoms with E-state index >= 15 is 0 Å². The highest BCUT2D eigenvalue weighted by molar-refractivity contribution is 5.97. The molecule has 0 saturated heterocycles. The Hall–Kier alpha value is -3.37. The molecule has 1 aliphatic rings. The molecule has 0 aliphatic carbocycles. The van der Waals surface area contributed by atoms with Crippen LogP contribution in [0.2, 0.25) is 0 Å². The molecule has 5 N–H and O–H groups in total. The van der Waals surface area contributed by atoms with Crippen LogP contribution in [0, 0.1) is 23.7 Å². The van der Waals surface area contributed by atoms with Crippen LogP contribution in [0.1, 0.15) is 32.3 Å². The highest BCUT2D eigenvalue weighted by Gasteiger charge is 2.17. The van der Waals surface area contributed by atoms with Crippen molar-refractivity contribution in [2.24, 2.45) is 10.9 Å². The van der Waals surface area contributed by atoms with Gasteiger partial charge in [0.25, 0.3) is 0 Å². The average molecular weight is 408 g/mol. The number of carbonyl (C=O) groups excluding carboxylic acids is 1. The van der Waals surface area contributed by atoms with Gasteiger partial charge in [-0.3, -0.25) is 15.1 Å². The summed E-state index contributed by atoms with van der Waals surface area (Å²) in [6.45, 7) is 4.45. The SMILES string of the molecule is C#C/C=C\C(=C/CC1N=C(Nc2ccc(N)c(C=N)c2)CC(C)CN1)OCC(C)=O. The Morgan fingerprint density at radius 1 is 1.53 bits per heavy atom. The van der Waals surface area contributed by atoms with E-state index in [2.05, 4.69) is 23.5 Å². The van der Waals surface area contributed by atoms with Gasteiger partial charge in [-0.05, 0) is 49.3 Å². The van der Waals surface area contributed by atoms with Crippen molar-refractivity contribution >= 4 is 29.2 Å². The summed E-state index contributed by atoms with van der Waals surface area (Å²) in [5, 5.41) is 14.3. The molecule has 2 atom stereocenters. The summed E-state index contributed by atoms with van der Waals surface area (Å²) in [6, 6.07) is 5.49. The van der Waals surface area contributed by atoms with Crippen LogP contribution in [0.4, 0.5) is 11.4 Å². The van der Waals surface area contributed by atoms with Gasteiger partial charge in [0.05, 0.1) is 0 Å². The van der Waals surface area contributed by atoms with Gasteiger partial charge >= 0.3 is 0 Å². The maximum atomic E-state index is 11.2. The summed E-state index contributed by atoms with van der Waals surface area (Å²) < 4.78 is 5.51. The largest absolute Gasteiger partial charge is 0.486 e. The number of aliphatic imine (C=N–C) groups is 1. The highest BCUT2D eigenvalue weighted by Crippen LogP contribution is 2.19. The van der Waals surface area contributed by atoms with E-state index in [0.717, 1.165) is 24.5 Å². The van der Waals surface area contributed by atoms with Gasteiger partial charge in [0.2, 0.25) is 0 Å². The third-order valence-corrected chi connectivity index (χ3v) is 4.41. The maximum absolute atomic E-state index is 11.2. The Kier molecular flexibility index (Phi) is 8.85. The number of benzene rings is 1. The number of nitrogens with zero attached hydrogens (tertiary/aromatic N) is 1. The molecule has 1 aliphatic heterocycles. The smallest absolute Gasteiger partial charge is 0.167 e. The number of nitrogens with one attached hydrogen (secondary N) is 3. The number of ether oxygens (including phenoxy) is 1. The topological polar surface area (TPSA) is 113 Å². The van der Waals surface area contributed by atoms with E-state index in [-0.39, 0.29) is 18.6 Å². The number of carbonyl (C=O) groups is 1. The van der Waals surface area contributed by atoms with Crippen molar-refractivity contribution < 1.29 is 9.53 Å². The van der Waals surface area contributed by atoms with Crippen molar-refractivity contribution in [1.29, 1.82) is 5.41 Å². The average Bonchev–Trinajstić information content (AvgIpc) is 2.89. The summed E-state index contributed by atoms with van der Waals surface area (Å²) in [5.74, 6) is 4.16. The van der Waals surface area contributed by atoms with Gasteiger partial charge in [0.15, 0.2) is 5.78 Å². The van der Waals surface area contributed by atoms with E-state index in [1.807, 2.05) is 18.2 Å². The van der Waals surface area contributed by atoms with Crippen molar-refractivity contribution in [1.82, 2.24) is 5.32 Å². The fourth-order valence-corrected chi connectivity index (χ4v) is 2.91. The number of nitrogen functional groups attached to an aromatic ring is 1. The molecule has 2 rings (SSSR count). The van der Waals surface area contributed by atoms with Gasteiger partial charge in [0.1, 0.15) is 24.4 Å². The van der Waals surface area contributed by atoms with Crippen molar-refractivity contribution in [2.45, 2.75) is 32.9 Å². The van der Waals surface area contributed by atoms with E-state index in [9.17, 15) is 4.79 Å². The van der Waals surface area contributed by atoms with E-state index < -0.39 is 0 Å². The Morgan fingerprint density at radius 3 is 3.03 bits per heavy atom. The van der Waals surface area contributed by atoms with E-state index in [1.54, 1.807) is 12.1 Å². The van der Waals surface area contributed by atoms with E-state index in [0.29, 0.717) is 29.3 Å². The summed E-state index contributed by atoms with van der Waals surface area (Å²) in [4.78, 5) is 16.0. The molecular weight excluding hydrogens is 378 g/mol. The first-order valence-electron chi connectivity index (χ1n) is 9.83. The van der Waals surface area contributed by atoms with Gasteiger partial charge in [-0.25, -0.2) is 0 Å². The van der Waals surface area contributed by atoms with Gasteiger partial charge in [-0.15, -0.1) is 6.42 Å². The number of rotatable bonds is 8. The molecule has 1 aromatic rings. The quantitative estimate of drug-likeness (QED) is 0.174. The lowest BCUT2D eigenvalue weighted by molar-refractivity contribution is -0.120. The second-order valence-corrected chi connectivity index (χ2v) is 7.26. The van der Waals surface area contributed by atoms with Crippen LogP contribution >= 0.6 is 0 Å². The highest BCUT2D eigenvalue weighted by atomic mass is 16.5.